The summed E-state index contributed by atoms with van der Waals surface area (Å²) in [4.78, 5) is 6.28. The Morgan fingerprint density at radius 2 is 1.42 bits per heavy atom. The highest BCUT2D eigenvalue weighted by molar-refractivity contribution is 7.99. The molecule has 0 bridgehead atoms. The molecule has 1 aromatic heterocycles. The summed E-state index contributed by atoms with van der Waals surface area (Å²) in [7, 11) is -14.2. The van der Waals surface area contributed by atoms with E-state index in [-0.39, 0.29) is 28.9 Å². The summed E-state index contributed by atoms with van der Waals surface area (Å²) in [5.41, 5.74) is -1.87. The van der Waals surface area contributed by atoms with Crippen molar-refractivity contribution in [2.24, 2.45) is 0 Å². The maximum absolute atomic E-state index is 15.8. The highest BCUT2D eigenvalue weighted by atomic mass is 35.5. The minimum atomic E-state index is -5.95. The van der Waals surface area contributed by atoms with Crippen LogP contribution in [0.1, 0.15) is 38.9 Å². The lowest BCUT2D eigenvalue weighted by Gasteiger charge is -2.37. The number of ether oxygens (including phenoxy) is 1. The minimum absolute atomic E-state index is 0.0520. The highest BCUT2D eigenvalue weighted by Gasteiger charge is 2.48. The Balaban J connectivity index is 0.980. The molecule has 2 aliphatic rings. The van der Waals surface area contributed by atoms with E-state index in [1.54, 1.807) is 50.2 Å². The van der Waals surface area contributed by atoms with E-state index in [4.69, 9.17) is 25.4 Å². The molecule has 0 radical (unpaired) electrons. The van der Waals surface area contributed by atoms with Gasteiger partial charge in [0.15, 0.2) is 9.84 Å². The van der Waals surface area contributed by atoms with E-state index in [9.17, 15) is 34.6 Å². The molecule has 5 aromatic carbocycles. The van der Waals surface area contributed by atoms with Crippen LogP contribution in [0.3, 0.4) is 0 Å². The van der Waals surface area contributed by atoms with E-state index in [2.05, 4.69) is 20.2 Å². The maximum atomic E-state index is 15.8. The lowest BCUT2D eigenvalue weighted by Crippen LogP contribution is -2.46. The van der Waals surface area contributed by atoms with E-state index >= 15 is 4.39 Å². The fourth-order valence-electron chi connectivity index (χ4n) is 9.66. The summed E-state index contributed by atoms with van der Waals surface area (Å²) in [6.45, 7) is 12.4. The normalized spacial score (nSPS) is 16.1. The second-order valence-electron chi connectivity index (χ2n) is 19.1. The fraction of sp³-hybridized carbons (Fsp3) is 0.370. The number of hydrogen-bond acceptors (Lipinski definition) is 13. The molecule has 0 spiro atoms. The first kappa shape index (κ1) is 57.9. The zero-order valence-electron chi connectivity index (χ0n) is 43.2. The first-order chi connectivity index (χ1) is 36.5. The van der Waals surface area contributed by atoms with Crippen molar-refractivity contribution in [1.82, 2.24) is 14.6 Å². The number of rotatable bonds is 21. The van der Waals surface area contributed by atoms with E-state index in [0.717, 1.165) is 22.4 Å². The highest BCUT2D eigenvalue weighted by Crippen LogP contribution is 2.48. The smallest absolute Gasteiger partial charge is 0.405 e. The van der Waals surface area contributed by atoms with Gasteiger partial charge >= 0.3 is 13.3 Å². The summed E-state index contributed by atoms with van der Waals surface area (Å²) in [6.07, 6.45) is 1.64. The van der Waals surface area contributed by atoms with Crippen molar-refractivity contribution in [3.63, 3.8) is 0 Å². The van der Waals surface area contributed by atoms with Crippen molar-refractivity contribution in [2.75, 3.05) is 92.7 Å². The quantitative estimate of drug-likeness (QED) is 0.0399. The van der Waals surface area contributed by atoms with Crippen molar-refractivity contribution in [1.29, 1.82) is 0 Å². The van der Waals surface area contributed by atoms with Crippen molar-refractivity contribution >= 4 is 67.8 Å². The van der Waals surface area contributed by atoms with Gasteiger partial charge in [0.2, 0.25) is 0 Å². The molecule has 0 saturated carbocycles. The number of nitrogens with one attached hydrogen (secondary N) is 2. The summed E-state index contributed by atoms with van der Waals surface area (Å²) in [5.74, 6) is -0.462. The molecule has 2 atom stereocenters. The standard InChI is InChI=1S/C54H62ClF4N6O8PS3/c1-6-60-74(66,73-47-20-21-49(50(35-47)77(69,70)54(57,58)59)61-43(22-23-62-28-30-71-31-29-62)36-75-48-10-8-7-9-11-48)72-46-18-16-44(17-19-46)63-24-26-64(27-25-63)45-33-40(32-42(56)34-45)51-52(39-12-14-41(55)15-13-39)65(37(2)3)38(4)53(51)76(5,67)68/h7-21,32-35,37,43,61H,6,22-31,36H2,1-5H3,(H,60,66)/t43-,74?/m1/s1. The third kappa shape index (κ3) is 14.0. The zero-order valence-corrected chi connectivity index (χ0v) is 47.3. The van der Waals surface area contributed by atoms with Gasteiger partial charge in [0.05, 0.1) is 29.5 Å². The molecule has 1 unspecified atom stereocenters. The van der Waals surface area contributed by atoms with Gasteiger partial charge in [-0.1, -0.05) is 48.9 Å². The monoisotopic (exact) mass is 1160 g/mol. The largest absolute Gasteiger partial charge is 0.512 e. The molecule has 8 rings (SSSR count). The van der Waals surface area contributed by atoms with Gasteiger partial charge in [-0.3, -0.25) is 4.90 Å². The Bertz CT molecular complexity index is 3290. The van der Waals surface area contributed by atoms with Crippen LogP contribution in [-0.2, 0) is 29.0 Å². The van der Waals surface area contributed by atoms with E-state index in [1.807, 2.05) is 71.8 Å². The van der Waals surface area contributed by atoms with Crippen LogP contribution in [0, 0.1) is 12.7 Å². The third-order valence-electron chi connectivity index (χ3n) is 13.2. The van der Waals surface area contributed by atoms with Crippen LogP contribution in [0.4, 0.5) is 34.6 Å². The van der Waals surface area contributed by atoms with Crippen molar-refractivity contribution < 1.29 is 52.7 Å². The number of anilines is 3. The van der Waals surface area contributed by atoms with E-state index < -0.39 is 55.4 Å². The fourth-order valence-corrected chi connectivity index (χ4v) is 14.3. The molecule has 2 fully saturated rings. The first-order valence-corrected chi connectivity index (χ1v) is 31.4. The molecule has 2 saturated heterocycles. The Morgan fingerprint density at radius 3 is 2.03 bits per heavy atom. The molecule has 23 heteroatoms. The van der Waals surface area contributed by atoms with Gasteiger partial charge in [-0.2, -0.15) is 13.2 Å². The molecule has 0 amide bonds. The number of sulfone groups is 2. The van der Waals surface area contributed by atoms with Crippen LogP contribution in [0.5, 0.6) is 11.5 Å². The number of alkyl halides is 3. The van der Waals surface area contributed by atoms with E-state index in [1.165, 1.54) is 36.0 Å². The number of piperazine rings is 1. The third-order valence-corrected chi connectivity index (χ3v) is 19.0. The van der Waals surface area contributed by atoms with Gasteiger partial charge in [0.25, 0.3) is 9.84 Å². The molecule has 6 aromatic rings. The summed E-state index contributed by atoms with van der Waals surface area (Å²) < 4.78 is 146. The maximum Gasteiger partial charge on any atom is 0.512 e. The molecule has 2 N–H and O–H groups in total. The lowest BCUT2D eigenvalue weighted by atomic mass is 9.99. The number of hydrogen-bond donors (Lipinski definition) is 2. The summed E-state index contributed by atoms with van der Waals surface area (Å²) in [6, 6.07) is 30.3. The zero-order chi connectivity index (χ0) is 55.3. The number of nitrogens with zero attached hydrogens (tertiary/aromatic N) is 4. The number of morpholine rings is 1. The van der Waals surface area contributed by atoms with Crippen molar-refractivity contribution in [3.05, 3.63) is 132 Å². The Kier molecular flexibility index (Phi) is 18.4. The molecular formula is C54H62ClF4N6O8PS3. The minimum Gasteiger partial charge on any atom is -0.405 e. The van der Waals surface area contributed by atoms with Gasteiger partial charge < -0.3 is 33.5 Å². The topological polar surface area (TPSA) is 152 Å². The predicted molar refractivity (Wildman–Crippen MR) is 298 cm³/mol. The second kappa shape index (κ2) is 24.4. The summed E-state index contributed by atoms with van der Waals surface area (Å²) >= 11 is 7.74. The first-order valence-electron chi connectivity index (χ1n) is 25.1. The van der Waals surface area contributed by atoms with Gasteiger partial charge in [-0.05, 0) is 117 Å². The van der Waals surface area contributed by atoms with Gasteiger partial charge in [0.1, 0.15) is 22.2 Å². The van der Waals surface area contributed by atoms with Gasteiger partial charge in [-0.25, -0.2) is 30.9 Å². The molecule has 77 heavy (non-hydrogen) atoms. The van der Waals surface area contributed by atoms with Crippen molar-refractivity contribution in [2.45, 2.75) is 66.4 Å². The average molecular weight is 1160 g/mol. The van der Waals surface area contributed by atoms with Crippen molar-refractivity contribution in [3.8, 4) is 33.9 Å². The van der Waals surface area contributed by atoms with Gasteiger partial charge in [0, 0.05) is 115 Å². The average Bonchev–Trinajstić information content (AvgIpc) is 3.79. The Morgan fingerprint density at radius 1 is 0.792 bits per heavy atom. The van der Waals surface area contributed by atoms with Crippen LogP contribution in [0.25, 0.3) is 22.4 Å². The van der Waals surface area contributed by atoms with Crippen LogP contribution < -0.4 is 29.3 Å². The SMILES string of the molecule is CCNP(=O)(Oc1ccc(N2CCN(c3cc(F)cc(-c4c(S(C)(=O)=O)c(C)n(C(C)C)c4-c4ccc(Cl)cc4)c3)CC2)cc1)Oc1ccc(N[C@H](CCN2CCOCC2)CSc2ccccc2)c(S(=O)(=O)C(F)(F)F)c1. The Hall–Kier alpha value is -5.25. The van der Waals surface area contributed by atoms with E-state index in [0.29, 0.717) is 110 Å². The molecule has 414 valence electrons. The van der Waals surface area contributed by atoms with Crippen LogP contribution in [-0.4, -0.2) is 115 Å². The van der Waals surface area contributed by atoms with Gasteiger partial charge in [-0.15, -0.1) is 11.8 Å². The van der Waals surface area contributed by atoms with Crippen LogP contribution in [0.15, 0.2) is 130 Å². The number of thioether (sulfide) groups is 1. The Labute approximate surface area is 457 Å². The molecular weight excluding hydrogens is 1100 g/mol. The number of benzene rings is 5. The molecule has 14 nitrogen and oxygen atoms in total. The predicted octanol–water partition coefficient (Wildman–Crippen LogP) is 12.0. The number of halogens is 5. The summed E-state index contributed by atoms with van der Waals surface area (Å²) in [5, 5.41) is 6.26. The van der Waals surface area contributed by atoms with Crippen LogP contribution >= 0.6 is 31.1 Å². The molecule has 2 aliphatic heterocycles. The second-order valence-corrected chi connectivity index (χ2v) is 26.1. The van der Waals surface area contributed by atoms with Crippen LogP contribution in [0.2, 0.25) is 5.02 Å². The number of aromatic nitrogens is 1. The molecule has 3 heterocycles. The lowest BCUT2D eigenvalue weighted by molar-refractivity contribution is -0.0435. The molecule has 0 aliphatic carbocycles.